The van der Waals surface area contributed by atoms with Crippen LogP contribution in [0.3, 0.4) is 0 Å². The summed E-state index contributed by atoms with van der Waals surface area (Å²) in [6, 6.07) is 7.64. The van der Waals surface area contributed by atoms with Gasteiger partial charge in [-0.3, -0.25) is 4.40 Å². The molecule has 0 aliphatic carbocycles. The molecule has 4 nitrogen and oxygen atoms in total. The van der Waals surface area contributed by atoms with Crippen LogP contribution in [0.15, 0.2) is 39.5 Å². The second kappa shape index (κ2) is 3.63. The second-order valence-corrected chi connectivity index (χ2v) is 4.66. The fraction of sp³-hybridized carbons (Fsp3) is 0.0833. The van der Waals surface area contributed by atoms with E-state index in [4.69, 9.17) is 10.2 Å². The number of halogens is 1. The van der Waals surface area contributed by atoms with Crippen molar-refractivity contribution < 1.29 is 4.42 Å². The van der Waals surface area contributed by atoms with Crippen molar-refractivity contribution in [2.45, 2.75) is 6.92 Å². The van der Waals surface area contributed by atoms with E-state index in [1.807, 2.05) is 41.8 Å². The van der Waals surface area contributed by atoms with Crippen LogP contribution >= 0.6 is 15.9 Å². The number of hydrogen-bond donors (Lipinski definition) is 1. The Balaban J connectivity index is 2.27. The summed E-state index contributed by atoms with van der Waals surface area (Å²) in [5.74, 6) is 1.25. The van der Waals surface area contributed by atoms with E-state index in [-0.39, 0.29) is 0 Å². The maximum Gasteiger partial charge on any atom is 0.169 e. The van der Waals surface area contributed by atoms with Crippen LogP contribution in [0.1, 0.15) is 5.56 Å². The first-order chi connectivity index (χ1) is 8.15. The van der Waals surface area contributed by atoms with Gasteiger partial charge in [-0.15, -0.1) is 0 Å². The Morgan fingerprint density at radius 3 is 2.88 bits per heavy atom. The third kappa shape index (κ3) is 1.63. The minimum atomic E-state index is 0.585. The normalized spacial score (nSPS) is 11.2. The predicted octanol–water partition coefficient (Wildman–Crippen LogP) is 3.25. The van der Waals surface area contributed by atoms with Crippen molar-refractivity contribution in [3.05, 3.63) is 40.7 Å². The zero-order chi connectivity index (χ0) is 12.0. The van der Waals surface area contributed by atoms with Crippen molar-refractivity contribution in [2.75, 3.05) is 5.73 Å². The third-order valence-electron chi connectivity index (χ3n) is 2.63. The molecule has 0 aliphatic rings. The molecule has 17 heavy (non-hydrogen) atoms. The zero-order valence-electron chi connectivity index (χ0n) is 9.14. The van der Waals surface area contributed by atoms with Crippen molar-refractivity contribution in [2.24, 2.45) is 0 Å². The summed E-state index contributed by atoms with van der Waals surface area (Å²) >= 11 is 3.27. The number of nitrogens with zero attached hydrogens (tertiary/aromatic N) is 2. The van der Waals surface area contributed by atoms with Gasteiger partial charge in [-0.05, 0) is 52.7 Å². The number of aromatic nitrogens is 2. The van der Waals surface area contributed by atoms with Gasteiger partial charge in [0.25, 0.3) is 0 Å². The lowest BCUT2D eigenvalue weighted by atomic mass is 10.3. The molecular weight excluding hydrogens is 282 g/mol. The number of fused-ring (bicyclic) bond motifs is 1. The van der Waals surface area contributed by atoms with E-state index >= 15 is 0 Å². The molecule has 0 unspecified atom stereocenters. The van der Waals surface area contributed by atoms with Gasteiger partial charge in [-0.2, -0.15) is 0 Å². The summed E-state index contributed by atoms with van der Waals surface area (Å²) in [6.45, 7) is 2.02. The molecule has 0 atom stereocenters. The molecule has 3 aromatic heterocycles. The Morgan fingerprint density at radius 2 is 2.18 bits per heavy atom. The standard InChI is InChI=1S/C12H10BrN3O/c1-7-4-5-16-10(6-7)15-11(12(16)14)8-2-3-9(13)17-8/h2-6H,14H2,1H3. The quantitative estimate of drug-likeness (QED) is 0.749. The van der Waals surface area contributed by atoms with E-state index in [0.29, 0.717) is 21.9 Å². The SMILES string of the molecule is Cc1ccn2c(N)c(-c3ccc(Br)o3)nc2c1. The predicted molar refractivity (Wildman–Crippen MR) is 69.7 cm³/mol. The maximum atomic E-state index is 6.06. The van der Waals surface area contributed by atoms with Gasteiger partial charge in [-0.25, -0.2) is 4.98 Å². The molecule has 0 radical (unpaired) electrons. The van der Waals surface area contributed by atoms with Crippen molar-refractivity contribution in [3.63, 3.8) is 0 Å². The third-order valence-corrected chi connectivity index (χ3v) is 3.05. The summed E-state index contributed by atoms with van der Waals surface area (Å²) in [4.78, 5) is 4.48. The van der Waals surface area contributed by atoms with Crippen LogP contribution in [0, 0.1) is 6.92 Å². The van der Waals surface area contributed by atoms with Crippen LogP contribution < -0.4 is 5.73 Å². The van der Waals surface area contributed by atoms with Crippen LogP contribution in [0.5, 0.6) is 0 Å². The molecule has 0 fully saturated rings. The molecule has 3 aromatic rings. The van der Waals surface area contributed by atoms with Crippen molar-refractivity contribution in [1.82, 2.24) is 9.38 Å². The molecule has 5 heteroatoms. The lowest BCUT2D eigenvalue weighted by molar-refractivity contribution is 0.554. The van der Waals surface area contributed by atoms with Crippen molar-refractivity contribution in [3.8, 4) is 11.5 Å². The molecule has 0 amide bonds. The number of rotatable bonds is 1. The van der Waals surface area contributed by atoms with Gasteiger partial charge < -0.3 is 10.2 Å². The first kappa shape index (κ1) is 10.4. The van der Waals surface area contributed by atoms with Gasteiger partial charge in [0.1, 0.15) is 17.2 Å². The summed E-state index contributed by atoms with van der Waals surface area (Å²) in [5.41, 5.74) is 8.70. The highest BCUT2D eigenvalue weighted by Crippen LogP contribution is 2.29. The molecule has 0 bridgehead atoms. The Hall–Kier alpha value is -1.75. The van der Waals surface area contributed by atoms with E-state index in [2.05, 4.69) is 20.9 Å². The molecule has 0 saturated carbocycles. The minimum Gasteiger partial charge on any atom is -0.448 e. The van der Waals surface area contributed by atoms with Gasteiger partial charge in [-0.1, -0.05) is 0 Å². The Bertz CT molecular complexity index is 699. The topological polar surface area (TPSA) is 56.5 Å². The van der Waals surface area contributed by atoms with E-state index in [1.165, 1.54) is 0 Å². The smallest absolute Gasteiger partial charge is 0.169 e. The van der Waals surface area contributed by atoms with Crippen LogP contribution in [-0.4, -0.2) is 9.38 Å². The van der Waals surface area contributed by atoms with E-state index in [9.17, 15) is 0 Å². The second-order valence-electron chi connectivity index (χ2n) is 3.88. The monoisotopic (exact) mass is 291 g/mol. The fourth-order valence-corrected chi connectivity index (χ4v) is 2.09. The molecular formula is C12H10BrN3O. The van der Waals surface area contributed by atoms with Gasteiger partial charge in [0.15, 0.2) is 10.4 Å². The van der Waals surface area contributed by atoms with Crippen LogP contribution in [0.2, 0.25) is 0 Å². The van der Waals surface area contributed by atoms with Gasteiger partial charge in [0, 0.05) is 6.20 Å². The van der Waals surface area contributed by atoms with Crippen LogP contribution in [0.25, 0.3) is 17.1 Å². The van der Waals surface area contributed by atoms with Gasteiger partial charge in [0.05, 0.1) is 0 Å². The molecule has 0 aromatic carbocycles. The zero-order valence-corrected chi connectivity index (χ0v) is 10.7. The minimum absolute atomic E-state index is 0.585. The van der Waals surface area contributed by atoms with Gasteiger partial charge >= 0.3 is 0 Å². The molecule has 3 heterocycles. The highest BCUT2D eigenvalue weighted by atomic mass is 79.9. The summed E-state index contributed by atoms with van der Waals surface area (Å²) in [7, 11) is 0. The lowest BCUT2D eigenvalue weighted by Gasteiger charge is -1.97. The largest absolute Gasteiger partial charge is 0.448 e. The van der Waals surface area contributed by atoms with Crippen LogP contribution in [0.4, 0.5) is 5.82 Å². The number of anilines is 1. The molecule has 0 saturated heterocycles. The maximum absolute atomic E-state index is 6.06. The average molecular weight is 292 g/mol. The van der Waals surface area contributed by atoms with Gasteiger partial charge in [0.2, 0.25) is 0 Å². The summed E-state index contributed by atoms with van der Waals surface area (Å²) < 4.78 is 7.98. The fourth-order valence-electron chi connectivity index (χ4n) is 1.79. The number of aryl methyl sites for hydroxylation is 1. The average Bonchev–Trinajstić information content (AvgIpc) is 2.83. The Labute approximate surface area is 106 Å². The number of furan rings is 1. The molecule has 86 valence electrons. The van der Waals surface area contributed by atoms with E-state index in [0.717, 1.165) is 11.2 Å². The molecule has 2 N–H and O–H groups in total. The highest BCUT2D eigenvalue weighted by Gasteiger charge is 2.14. The van der Waals surface area contributed by atoms with Crippen molar-refractivity contribution in [1.29, 1.82) is 0 Å². The first-order valence-corrected chi connectivity index (χ1v) is 5.94. The number of hydrogen-bond acceptors (Lipinski definition) is 3. The summed E-state index contributed by atoms with van der Waals surface area (Å²) in [6.07, 6.45) is 1.91. The number of nitrogens with two attached hydrogens (primary N) is 1. The molecule has 3 rings (SSSR count). The number of imidazole rings is 1. The summed E-state index contributed by atoms with van der Waals surface area (Å²) in [5, 5.41) is 0. The van der Waals surface area contributed by atoms with E-state index < -0.39 is 0 Å². The molecule has 0 spiro atoms. The Kier molecular flexibility index (Phi) is 2.22. The van der Waals surface area contributed by atoms with Crippen LogP contribution in [-0.2, 0) is 0 Å². The lowest BCUT2D eigenvalue weighted by Crippen LogP contribution is -1.93. The number of nitrogen functional groups attached to an aromatic ring is 1. The first-order valence-electron chi connectivity index (χ1n) is 5.15. The Morgan fingerprint density at radius 1 is 1.35 bits per heavy atom. The highest BCUT2D eigenvalue weighted by molar-refractivity contribution is 9.10. The number of pyridine rings is 1. The molecule has 0 aliphatic heterocycles. The van der Waals surface area contributed by atoms with E-state index in [1.54, 1.807) is 0 Å². The van der Waals surface area contributed by atoms with Crippen molar-refractivity contribution >= 4 is 27.4 Å².